The molecular formula is C23H29N5O4. The molecular weight excluding hydrogens is 410 g/mol. The van der Waals surface area contributed by atoms with E-state index >= 15 is 0 Å². The fourth-order valence-corrected chi connectivity index (χ4v) is 4.12. The molecule has 0 unspecified atom stereocenters. The maximum absolute atomic E-state index is 12.5. The number of amides is 1. The molecule has 1 aromatic carbocycles. The summed E-state index contributed by atoms with van der Waals surface area (Å²) in [4.78, 5) is 39.6. The molecule has 0 radical (unpaired) electrons. The number of anilines is 2. The predicted octanol–water partition coefficient (Wildman–Crippen LogP) is 1.59. The van der Waals surface area contributed by atoms with Gasteiger partial charge in [0.2, 0.25) is 5.95 Å². The Labute approximate surface area is 187 Å². The lowest BCUT2D eigenvalue weighted by Crippen LogP contribution is -2.50. The summed E-state index contributed by atoms with van der Waals surface area (Å²) < 4.78 is 10.6. The summed E-state index contributed by atoms with van der Waals surface area (Å²) in [6.07, 6.45) is 4.77. The topological polar surface area (TPSA) is 88.1 Å². The van der Waals surface area contributed by atoms with E-state index in [1.807, 2.05) is 24.3 Å². The number of methoxy groups -OCH3 is 1. The lowest BCUT2D eigenvalue weighted by Gasteiger charge is -2.36. The number of ether oxygens (including phenoxy) is 2. The van der Waals surface area contributed by atoms with E-state index in [0.717, 1.165) is 24.5 Å². The number of aromatic nitrogens is 2. The fraction of sp³-hybridized carbons (Fsp3) is 0.478. The molecule has 3 heterocycles. The Balaban J connectivity index is 1.18. The second-order valence-corrected chi connectivity index (χ2v) is 7.98. The van der Waals surface area contributed by atoms with Gasteiger partial charge in [-0.15, -0.1) is 0 Å². The SMILES string of the molecule is COc1ccc(N2CCN(C(=O)COC(=O)C3CCN(c4ncccn4)CC3)CC2)cc1. The zero-order chi connectivity index (χ0) is 22.3. The number of esters is 1. The van der Waals surface area contributed by atoms with E-state index in [0.29, 0.717) is 45.0 Å². The van der Waals surface area contributed by atoms with Gasteiger partial charge in [0.05, 0.1) is 13.0 Å². The van der Waals surface area contributed by atoms with Crippen LogP contribution >= 0.6 is 0 Å². The molecule has 0 spiro atoms. The number of piperidine rings is 1. The number of nitrogens with zero attached hydrogens (tertiary/aromatic N) is 5. The Hall–Kier alpha value is -3.36. The Bertz CT molecular complexity index is 892. The average molecular weight is 440 g/mol. The van der Waals surface area contributed by atoms with Crippen LogP contribution in [-0.4, -0.2) is 79.7 Å². The number of piperazine rings is 1. The van der Waals surface area contributed by atoms with Gasteiger partial charge in [0.1, 0.15) is 5.75 Å². The van der Waals surface area contributed by atoms with E-state index in [2.05, 4.69) is 19.8 Å². The Kier molecular flexibility index (Phi) is 7.03. The van der Waals surface area contributed by atoms with Crippen molar-refractivity contribution < 1.29 is 19.1 Å². The van der Waals surface area contributed by atoms with Gasteiger partial charge in [0.15, 0.2) is 6.61 Å². The van der Waals surface area contributed by atoms with Crippen LogP contribution in [0.4, 0.5) is 11.6 Å². The molecule has 2 aliphatic rings. The second kappa shape index (κ2) is 10.3. The van der Waals surface area contributed by atoms with E-state index in [9.17, 15) is 9.59 Å². The molecule has 0 saturated carbocycles. The molecule has 9 nitrogen and oxygen atoms in total. The summed E-state index contributed by atoms with van der Waals surface area (Å²) in [7, 11) is 1.65. The molecule has 1 aromatic heterocycles. The number of carbonyl (C=O) groups excluding carboxylic acids is 2. The van der Waals surface area contributed by atoms with Gasteiger partial charge in [0.25, 0.3) is 5.91 Å². The maximum atomic E-state index is 12.5. The van der Waals surface area contributed by atoms with Crippen LogP contribution in [0.1, 0.15) is 12.8 Å². The van der Waals surface area contributed by atoms with E-state index in [-0.39, 0.29) is 24.4 Å². The first-order valence-electron chi connectivity index (χ1n) is 11.0. The molecule has 0 aliphatic carbocycles. The standard InChI is InChI=1S/C23H29N5O4/c1-31-20-5-3-19(4-6-20)26-13-15-27(16-14-26)21(29)17-32-22(30)18-7-11-28(12-8-18)23-24-9-2-10-25-23/h2-6,9-10,18H,7-8,11-17H2,1H3. The van der Waals surface area contributed by atoms with Crippen molar-refractivity contribution >= 4 is 23.5 Å². The molecule has 1 amide bonds. The van der Waals surface area contributed by atoms with E-state index < -0.39 is 0 Å². The molecule has 32 heavy (non-hydrogen) atoms. The second-order valence-electron chi connectivity index (χ2n) is 7.98. The van der Waals surface area contributed by atoms with E-state index in [1.54, 1.807) is 30.5 Å². The first-order chi connectivity index (χ1) is 15.6. The summed E-state index contributed by atoms with van der Waals surface area (Å²) in [6.45, 7) is 3.91. The zero-order valence-corrected chi connectivity index (χ0v) is 18.4. The summed E-state index contributed by atoms with van der Waals surface area (Å²) in [5.41, 5.74) is 1.11. The first-order valence-corrected chi connectivity index (χ1v) is 11.0. The van der Waals surface area contributed by atoms with Crippen molar-refractivity contribution in [2.24, 2.45) is 5.92 Å². The minimum Gasteiger partial charge on any atom is -0.497 e. The van der Waals surface area contributed by atoms with E-state index in [1.165, 1.54) is 0 Å². The monoisotopic (exact) mass is 439 g/mol. The van der Waals surface area contributed by atoms with Crippen molar-refractivity contribution in [3.05, 3.63) is 42.7 Å². The molecule has 2 aromatic rings. The highest BCUT2D eigenvalue weighted by atomic mass is 16.5. The van der Waals surface area contributed by atoms with Crippen molar-refractivity contribution in [2.45, 2.75) is 12.8 Å². The molecule has 0 atom stereocenters. The minimum absolute atomic E-state index is 0.136. The molecule has 0 N–H and O–H groups in total. The van der Waals surface area contributed by atoms with Gasteiger partial charge >= 0.3 is 5.97 Å². The first kappa shape index (κ1) is 21.9. The van der Waals surface area contributed by atoms with Crippen LogP contribution in [0, 0.1) is 5.92 Å². The van der Waals surface area contributed by atoms with E-state index in [4.69, 9.17) is 9.47 Å². The highest BCUT2D eigenvalue weighted by Crippen LogP contribution is 2.22. The molecule has 2 saturated heterocycles. The third-order valence-corrected chi connectivity index (χ3v) is 6.07. The van der Waals surface area contributed by atoms with Crippen molar-refractivity contribution in [1.29, 1.82) is 0 Å². The zero-order valence-electron chi connectivity index (χ0n) is 18.4. The predicted molar refractivity (Wildman–Crippen MR) is 120 cm³/mol. The normalized spacial score (nSPS) is 17.2. The highest BCUT2D eigenvalue weighted by molar-refractivity contribution is 5.81. The molecule has 9 heteroatoms. The number of carbonyl (C=O) groups is 2. The van der Waals surface area contributed by atoms with Crippen LogP contribution in [0.3, 0.4) is 0 Å². The number of hydrogen-bond acceptors (Lipinski definition) is 8. The summed E-state index contributed by atoms with van der Waals surface area (Å²) in [5, 5.41) is 0. The summed E-state index contributed by atoms with van der Waals surface area (Å²) >= 11 is 0. The lowest BCUT2D eigenvalue weighted by molar-refractivity contribution is -0.156. The fourth-order valence-electron chi connectivity index (χ4n) is 4.12. The lowest BCUT2D eigenvalue weighted by atomic mass is 9.97. The Morgan fingerprint density at radius 1 is 0.938 bits per heavy atom. The van der Waals surface area contributed by atoms with Gasteiger partial charge in [-0.3, -0.25) is 9.59 Å². The van der Waals surface area contributed by atoms with Gasteiger partial charge in [-0.05, 0) is 43.2 Å². The van der Waals surface area contributed by atoms with Crippen molar-refractivity contribution in [3.63, 3.8) is 0 Å². The van der Waals surface area contributed by atoms with Crippen LogP contribution in [0.25, 0.3) is 0 Å². The number of hydrogen-bond donors (Lipinski definition) is 0. The average Bonchev–Trinajstić information content (AvgIpc) is 2.88. The molecule has 0 bridgehead atoms. The highest BCUT2D eigenvalue weighted by Gasteiger charge is 2.28. The third kappa shape index (κ3) is 5.27. The van der Waals surface area contributed by atoms with Gasteiger partial charge in [-0.2, -0.15) is 0 Å². The Morgan fingerprint density at radius 2 is 1.59 bits per heavy atom. The Morgan fingerprint density at radius 3 is 2.22 bits per heavy atom. The maximum Gasteiger partial charge on any atom is 0.309 e. The quantitative estimate of drug-likeness (QED) is 0.627. The van der Waals surface area contributed by atoms with Crippen molar-refractivity contribution in [2.75, 3.05) is 62.8 Å². The largest absolute Gasteiger partial charge is 0.497 e. The molecule has 2 aliphatic heterocycles. The summed E-state index contributed by atoms with van der Waals surface area (Å²) in [5.74, 6) is 0.896. The third-order valence-electron chi connectivity index (χ3n) is 6.07. The van der Waals surface area contributed by atoms with Gasteiger partial charge in [-0.1, -0.05) is 0 Å². The molecule has 170 valence electrons. The van der Waals surface area contributed by atoms with Crippen LogP contribution in [0.2, 0.25) is 0 Å². The van der Waals surface area contributed by atoms with Crippen LogP contribution in [-0.2, 0) is 14.3 Å². The van der Waals surface area contributed by atoms with Crippen LogP contribution in [0.15, 0.2) is 42.7 Å². The van der Waals surface area contributed by atoms with Gasteiger partial charge < -0.3 is 24.2 Å². The molecule has 2 fully saturated rings. The number of benzene rings is 1. The molecule has 4 rings (SSSR count). The smallest absolute Gasteiger partial charge is 0.309 e. The van der Waals surface area contributed by atoms with Gasteiger partial charge in [-0.25, -0.2) is 9.97 Å². The van der Waals surface area contributed by atoms with Gasteiger partial charge in [0, 0.05) is 57.3 Å². The van der Waals surface area contributed by atoms with Crippen molar-refractivity contribution in [1.82, 2.24) is 14.9 Å². The van der Waals surface area contributed by atoms with Crippen molar-refractivity contribution in [3.8, 4) is 5.75 Å². The van der Waals surface area contributed by atoms with Crippen LogP contribution < -0.4 is 14.5 Å². The minimum atomic E-state index is -0.288. The van der Waals surface area contributed by atoms with Crippen LogP contribution in [0.5, 0.6) is 5.75 Å². The summed E-state index contributed by atoms with van der Waals surface area (Å²) in [6, 6.07) is 9.69. The number of rotatable bonds is 6.